The number of benzene rings is 2. The molecule has 2 amide bonds. The van der Waals surface area contributed by atoms with Crippen LogP contribution in [0.2, 0.25) is 10.0 Å². The van der Waals surface area contributed by atoms with E-state index in [1.54, 1.807) is 50.9 Å². The number of aromatic nitrogens is 3. The molecule has 11 nitrogen and oxygen atoms in total. The number of hydrogen-bond acceptors (Lipinski definition) is 8. The first-order valence-electron chi connectivity index (χ1n) is 17.6. The fourth-order valence-corrected chi connectivity index (χ4v) is 7.59. The van der Waals surface area contributed by atoms with Crippen molar-refractivity contribution in [3.05, 3.63) is 70.0 Å². The highest BCUT2D eigenvalue weighted by Crippen LogP contribution is 2.43. The Morgan fingerprint density at radius 1 is 0.980 bits per heavy atom. The lowest BCUT2D eigenvalue weighted by molar-refractivity contribution is -0.141. The molecule has 2 aromatic carbocycles. The van der Waals surface area contributed by atoms with E-state index in [-0.39, 0.29) is 25.6 Å². The van der Waals surface area contributed by atoms with E-state index >= 15 is 4.79 Å². The summed E-state index contributed by atoms with van der Waals surface area (Å²) in [4.78, 5) is 34.0. The van der Waals surface area contributed by atoms with E-state index in [1.165, 1.54) is 0 Å². The molecule has 0 bridgehead atoms. The standard InChI is InChI=1S/C37H50Cl2N6O5/c1-6-42(24-27-11-12-29(39)23-31(27)49-30-15-13-28(38)14-16-30)33(47)37(19-20-43(26-37)34(48)50-35(3,4)5)45-25-32(40-41-45)36(17-9-8-10-18-36)44(7-2)21-22-46/h11-16,23,25,46H,6-10,17-22,24,26H2,1-5H3. The molecule has 2 fully saturated rings. The summed E-state index contributed by atoms with van der Waals surface area (Å²) in [6.45, 7) is 11.8. The number of rotatable bonds is 12. The molecule has 1 saturated carbocycles. The van der Waals surface area contributed by atoms with Crippen molar-refractivity contribution in [1.82, 2.24) is 29.7 Å². The number of aliphatic hydroxyl groups excluding tert-OH is 1. The highest BCUT2D eigenvalue weighted by atomic mass is 35.5. The largest absolute Gasteiger partial charge is 0.457 e. The van der Waals surface area contributed by atoms with Gasteiger partial charge in [0.05, 0.1) is 24.9 Å². The number of ether oxygens (including phenoxy) is 2. The number of likely N-dealkylation sites (N-methyl/N-ethyl adjacent to an activating group) is 2. The summed E-state index contributed by atoms with van der Waals surface area (Å²) in [5.74, 6) is 0.921. The highest BCUT2D eigenvalue weighted by Gasteiger charge is 2.52. The van der Waals surface area contributed by atoms with Gasteiger partial charge >= 0.3 is 6.09 Å². The van der Waals surface area contributed by atoms with Gasteiger partial charge in [0.2, 0.25) is 0 Å². The van der Waals surface area contributed by atoms with Crippen LogP contribution in [0.4, 0.5) is 4.79 Å². The second kappa shape index (κ2) is 15.9. The van der Waals surface area contributed by atoms with Crippen LogP contribution in [0.15, 0.2) is 48.7 Å². The maximum Gasteiger partial charge on any atom is 0.410 e. The van der Waals surface area contributed by atoms with Crippen LogP contribution in [-0.2, 0) is 27.2 Å². The molecule has 50 heavy (non-hydrogen) atoms. The normalized spacial score (nSPS) is 19.1. The van der Waals surface area contributed by atoms with Crippen molar-refractivity contribution < 1.29 is 24.2 Å². The number of carbonyl (C=O) groups is 2. The monoisotopic (exact) mass is 728 g/mol. The number of aliphatic hydroxyl groups is 1. The van der Waals surface area contributed by atoms with Gasteiger partial charge in [0, 0.05) is 48.2 Å². The summed E-state index contributed by atoms with van der Waals surface area (Å²) in [5, 5.41) is 20.5. The van der Waals surface area contributed by atoms with E-state index in [1.807, 2.05) is 40.0 Å². The van der Waals surface area contributed by atoms with Gasteiger partial charge in [-0.25, -0.2) is 9.48 Å². The molecule has 0 spiro atoms. The Morgan fingerprint density at radius 3 is 2.32 bits per heavy atom. The predicted octanol–water partition coefficient (Wildman–Crippen LogP) is 7.24. The minimum Gasteiger partial charge on any atom is -0.457 e. The van der Waals surface area contributed by atoms with E-state index in [0.717, 1.165) is 49.9 Å². The predicted molar refractivity (Wildman–Crippen MR) is 194 cm³/mol. The van der Waals surface area contributed by atoms with Gasteiger partial charge < -0.3 is 24.4 Å². The Bertz CT molecular complexity index is 1620. The van der Waals surface area contributed by atoms with Crippen LogP contribution < -0.4 is 4.74 Å². The average molecular weight is 730 g/mol. The molecule has 1 aliphatic carbocycles. The summed E-state index contributed by atoms with van der Waals surface area (Å²) in [6.07, 6.45) is 6.76. The van der Waals surface area contributed by atoms with Gasteiger partial charge in [-0.05, 0) is 83.5 Å². The molecule has 0 radical (unpaired) electrons. The third kappa shape index (κ3) is 8.22. The first-order valence-corrected chi connectivity index (χ1v) is 18.4. The van der Waals surface area contributed by atoms with E-state index in [2.05, 4.69) is 17.0 Å². The zero-order chi connectivity index (χ0) is 36.1. The first-order chi connectivity index (χ1) is 23.8. The van der Waals surface area contributed by atoms with E-state index in [0.29, 0.717) is 47.6 Å². The number of carbonyl (C=O) groups excluding carboxylic acids is 2. The van der Waals surface area contributed by atoms with Crippen LogP contribution in [0.3, 0.4) is 0 Å². The highest BCUT2D eigenvalue weighted by molar-refractivity contribution is 6.31. The molecule has 1 unspecified atom stereocenters. The molecular formula is C37H50Cl2N6O5. The molecular weight excluding hydrogens is 679 g/mol. The smallest absolute Gasteiger partial charge is 0.410 e. The molecule has 1 atom stereocenters. The Balaban J connectivity index is 1.52. The lowest BCUT2D eigenvalue weighted by atomic mass is 9.78. The number of nitrogens with zero attached hydrogens (tertiary/aromatic N) is 6. The van der Waals surface area contributed by atoms with Gasteiger partial charge in [-0.15, -0.1) is 5.10 Å². The van der Waals surface area contributed by atoms with Gasteiger partial charge in [-0.2, -0.15) is 0 Å². The van der Waals surface area contributed by atoms with Gasteiger partial charge in [0.15, 0.2) is 5.54 Å². The van der Waals surface area contributed by atoms with Crippen LogP contribution >= 0.6 is 23.2 Å². The second-order valence-corrected chi connectivity index (χ2v) is 15.1. The summed E-state index contributed by atoms with van der Waals surface area (Å²) in [7, 11) is 0. The minimum atomic E-state index is -1.23. The summed E-state index contributed by atoms with van der Waals surface area (Å²) in [5.41, 5.74) is -0.773. The van der Waals surface area contributed by atoms with Crippen LogP contribution in [0.25, 0.3) is 0 Å². The van der Waals surface area contributed by atoms with E-state index in [4.69, 9.17) is 37.8 Å². The summed E-state index contributed by atoms with van der Waals surface area (Å²) in [6, 6.07) is 12.4. The van der Waals surface area contributed by atoms with Crippen LogP contribution in [0.1, 0.15) is 84.4 Å². The molecule has 13 heteroatoms. The van der Waals surface area contributed by atoms with Crippen LogP contribution in [0, 0.1) is 0 Å². The molecule has 1 aromatic heterocycles. The Morgan fingerprint density at radius 2 is 1.68 bits per heavy atom. The molecule has 1 aliphatic heterocycles. The van der Waals surface area contributed by atoms with Crippen LogP contribution in [-0.4, -0.2) is 91.7 Å². The number of halogens is 2. The zero-order valence-corrected chi connectivity index (χ0v) is 31.3. The van der Waals surface area contributed by atoms with Crippen molar-refractivity contribution in [2.75, 3.05) is 39.3 Å². The third-order valence-electron chi connectivity index (χ3n) is 9.84. The SMILES string of the molecule is CCN(Cc1ccc(Cl)cc1Oc1ccc(Cl)cc1)C(=O)C1(n2cc(C3(N(CC)CCO)CCCCC3)nn2)CCN(C(=O)OC(C)(C)C)C1. The van der Waals surface area contributed by atoms with Crippen molar-refractivity contribution in [2.24, 2.45) is 0 Å². The van der Waals surface area contributed by atoms with E-state index in [9.17, 15) is 9.90 Å². The Kier molecular flexibility index (Phi) is 12.0. The molecule has 272 valence electrons. The molecule has 1 saturated heterocycles. The van der Waals surface area contributed by atoms with Gasteiger partial charge in [0.25, 0.3) is 5.91 Å². The van der Waals surface area contributed by atoms with Crippen LogP contribution in [0.5, 0.6) is 11.5 Å². The fraction of sp³-hybridized carbons (Fsp3) is 0.568. The van der Waals surface area contributed by atoms with Crippen molar-refractivity contribution >= 4 is 35.2 Å². The molecule has 1 N–H and O–H groups in total. The lowest BCUT2D eigenvalue weighted by Gasteiger charge is -2.44. The van der Waals surface area contributed by atoms with Crippen molar-refractivity contribution in [1.29, 1.82) is 0 Å². The lowest BCUT2D eigenvalue weighted by Crippen LogP contribution is -2.53. The summed E-state index contributed by atoms with van der Waals surface area (Å²) < 4.78 is 13.7. The van der Waals surface area contributed by atoms with Gasteiger partial charge in [-0.1, -0.05) is 60.7 Å². The topological polar surface area (TPSA) is 113 Å². The molecule has 2 aliphatic rings. The van der Waals surface area contributed by atoms with Crippen molar-refractivity contribution in [2.45, 2.75) is 96.4 Å². The third-order valence-corrected chi connectivity index (χ3v) is 10.3. The minimum absolute atomic E-state index is 0.0386. The average Bonchev–Trinajstić information content (AvgIpc) is 3.77. The zero-order valence-electron chi connectivity index (χ0n) is 29.8. The first kappa shape index (κ1) is 37.9. The van der Waals surface area contributed by atoms with E-state index < -0.39 is 22.8 Å². The number of amides is 2. The Labute approximate surface area is 305 Å². The fourth-order valence-electron chi connectivity index (χ4n) is 7.30. The summed E-state index contributed by atoms with van der Waals surface area (Å²) >= 11 is 12.5. The second-order valence-electron chi connectivity index (χ2n) is 14.3. The van der Waals surface area contributed by atoms with Gasteiger partial charge in [-0.3, -0.25) is 9.69 Å². The number of hydrogen-bond donors (Lipinski definition) is 1. The molecule has 5 rings (SSSR count). The Hall–Kier alpha value is -3.38. The van der Waals surface area contributed by atoms with Crippen molar-refractivity contribution in [3.63, 3.8) is 0 Å². The molecule has 2 heterocycles. The maximum absolute atomic E-state index is 15.0. The quantitative estimate of drug-likeness (QED) is 0.208. The van der Waals surface area contributed by atoms with Gasteiger partial charge in [0.1, 0.15) is 22.8 Å². The molecule has 3 aromatic rings. The maximum atomic E-state index is 15.0. The number of likely N-dealkylation sites (tertiary alicyclic amines) is 1. The van der Waals surface area contributed by atoms with Crippen molar-refractivity contribution in [3.8, 4) is 11.5 Å².